The quantitative estimate of drug-likeness (QED) is 0.685. The van der Waals surface area contributed by atoms with E-state index >= 15 is 0 Å². The number of nitrogens with zero attached hydrogens (tertiary/aromatic N) is 2. The van der Waals surface area contributed by atoms with Crippen LogP contribution in [0.1, 0.15) is 30.8 Å². The Kier molecular flexibility index (Phi) is 3.56. The van der Waals surface area contributed by atoms with Crippen molar-refractivity contribution in [2.75, 3.05) is 7.11 Å². The summed E-state index contributed by atoms with van der Waals surface area (Å²) in [6, 6.07) is 3.28. The lowest BCUT2D eigenvalue weighted by Crippen LogP contribution is -2.12. The first-order valence-electron chi connectivity index (χ1n) is 4.61. The highest BCUT2D eigenvalue weighted by atomic mass is 16.5. The van der Waals surface area contributed by atoms with E-state index < -0.39 is 0 Å². The minimum atomic E-state index is -0.00213. The van der Waals surface area contributed by atoms with Crippen molar-refractivity contribution in [1.82, 2.24) is 10.2 Å². The molecule has 0 radical (unpaired) electrons. The molecular formula is C10H14N2O2. The molecule has 0 amide bonds. The lowest BCUT2D eigenvalue weighted by Gasteiger charge is -2.05. The monoisotopic (exact) mass is 194 g/mol. The molecule has 0 saturated carbocycles. The second-order valence-corrected chi connectivity index (χ2v) is 3.13. The van der Waals surface area contributed by atoms with Crippen molar-refractivity contribution in [3.8, 4) is 5.88 Å². The molecule has 0 aliphatic heterocycles. The zero-order valence-corrected chi connectivity index (χ0v) is 8.65. The van der Waals surface area contributed by atoms with Gasteiger partial charge in [-0.25, -0.2) is 0 Å². The van der Waals surface area contributed by atoms with Gasteiger partial charge in [0.1, 0.15) is 5.69 Å². The highest BCUT2D eigenvalue weighted by Crippen LogP contribution is 2.11. The molecule has 0 fully saturated rings. The van der Waals surface area contributed by atoms with E-state index in [0.717, 1.165) is 6.42 Å². The van der Waals surface area contributed by atoms with E-state index in [-0.39, 0.29) is 11.7 Å². The summed E-state index contributed by atoms with van der Waals surface area (Å²) in [5, 5.41) is 7.54. The largest absolute Gasteiger partial charge is 0.480 e. The minimum absolute atomic E-state index is 0.00213. The molecule has 4 heteroatoms. The Morgan fingerprint density at radius 1 is 1.50 bits per heavy atom. The topological polar surface area (TPSA) is 52.1 Å². The molecule has 0 bridgehead atoms. The second-order valence-electron chi connectivity index (χ2n) is 3.13. The molecule has 1 atom stereocenters. The molecular weight excluding hydrogens is 180 g/mol. The number of hydrogen-bond acceptors (Lipinski definition) is 4. The Morgan fingerprint density at radius 3 is 2.64 bits per heavy atom. The number of carbonyl (C=O) groups is 1. The van der Waals surface area contributed by atoms with Gasteiger partial charge >= 0.3 is 0 Å². The van der Waals surface area contributed by atoms with Crippen LogP contribution in [-0.2, 0) is 0 Å². The van der Waals surface area contributed by atoms with Gasteiger partial charge in [-0.05, 0) is 12.5 Å². The maximum absolute atomic E-state index is 11.6. The van der Waals surface area contributed by atoms with Crippen molar-refractivity contribution in [3.05, 3.63) is 17.8 Å². The number of methoxy groups -OCH3 is 1. The van der Waals surface area contributed by atoms with Crippen LogP contribution in [0, 0.1) is 5.92 Å². The zero-order valence-electron chi connectivity index (χ0n) is 8.65. The van der Waals surface area contributed by atoms with Gasteiger partial charge in [0.05, 0.1) is 7.11 Å². The van der Waals surface area contributed by atoms with Gasteiger partial charge in [0, 0.05) is 12.0 Å². The Labute approximate surface area is 83.3 Å². The Bertz CT molecular complexity index is 308. The Hall–Kier alpha value is -1.45. The van der Waals surface area contributed by atoms with Crippen molar-refractivity contribution < 1.29 is 9.53 Å². The molecule has 1 unspecified atom stereocenters. The van der Waals surface area contributed by atoms with Crippen molar-refractivity contribution in [2.45, 2.75) is 20.3 Å². The van der Waals surface area contributed by atoms with Gasteiger partial charge in [-0.15, -0.1) is 10.2 Å². The van der Waals surface area contributed by atoms with Crippen LogP contribution in [0.5, 0.6) is 5.88 Å². The average molecular weight is 194 g/mol. The maximum atomic E-state index is 11.6. The van der Waals surface area contributed by atoms with Crippen molar-refractivity contribution in [2.24, 2.45) is 5.92 Å². The molecule has 1 rings (SSSR count). The number of rotatable bonds is 4. The van der Waals surface area contributed by atoms with Crippen molar-refractivity contribution in [1.29, 1.82) is 0 Å². The van der Waals surface area contributed by atoms with Crippen LogP contribution in [0.25, 0.3) is 0 Å². The third kappa shape index (κ3) is 2.28. The molecule has 0 spiro atoms. The first-order chi connectivity index (χ1) is 6.69. The first kappa shape index (κ1) is 10.6. The Morgan fingerprint density at radius 2 is 2.21 bits per heavy atom. The summed E-state index contributed by atoms with van der Waals surface area (Å²) < 4.78 is 4.85. The van der Waals surface area contributed by atoms with Crippen LogP contribution in [0.2, 0.25) is 0 Å². The van der Waals surface area contributed by atoms with Crippen LogP contribution < -0.4 is 4.74 Å². The molecule has 0 N–H and O–H groups in total. The third-order valence-corrected chi connectivity index (χ3v) is 2.16. The number of Topliss-reactive ketones (excluding diaryl/α,β-unsaturated/α-hetero) is 1. The van der Waals surface area contributed by atoms with Gasteiger partial charge in [0.2, 0.25) is 5.88 Å². The van der Waals surface area contributed by atoms with Crippen LogP contribution in [0.3, 0.4) is 0 Å². The molecule has 0 aliphatic rings. The fourth-order valence-electron chi connectivity index (χ4n) is 0.998. The summed E-state index contributed by atoms with van der Waals surface area (Å²) in [7, 11) is 1.51. The maximum Gasteiger partial charge on any atom is 0.233 e. The highest BCUT2D eigenvalue weighted by Gasteiger charge is 2.14. The summed E-state index contributed by atoms with van der Waals surface area (Å²) in [6.07, 6.45) is 0.812. The van der Waals surface area contributed by atoms with E-state index in [2.05, 4.69) is 10.2 Å². The van der Waals surface area contributed by atoms with E-state index in [1.165, 1.54) is 7.11 Å². The molecule has 1 aromatic heterocycles. The second kappa shape index (κ2) is 4.69. The summed E-state index contributed by atoms with van der Waals surface area (Å²) in [6.45, 7) is 3.85. The number of carbonyl (C=O) groups excluding carboxylic acids is 1. The summed E-state index contributed by atoms with van der Waals surface area (Å²) >= 11 is 0. The molecule has 14 heavy (non-hydrogen) atoms. The van der Waals surface area contributed by atoms with Crippen LogP contribution in [0.15, 0.2) is 12.1 Å². The van der Waals surface area contributed by atoms with E-state index in [4.69, 9.17) is 4.74 Å². The van der Waals surface area contributed by atoms with E-state index in [1.807, 2.05) is 13.8 Å². The number of hydrogen-bond donors (Lipinski definition) is 0. The van der Waals surface area contributed by atoms with E-state index in [0.29, 0.717) is 11.6 Å². The number of ether oxygens (including phenoxy) is 1. The van der Waals surface area contributed by atoms with Gasteiger partial charge in [-0.1, -0.05) is 13.8 Å². The molecule has 4 nitrogen and oxygen atoms in total. The van der Waals surface area contributed by atoms with Gasteiger partial charge < -0.3 is 4.74 Å². The number of aromatic nitrogens is 2. The fourth-order valence-corrected chi connectivity index (χ4v) is 0.998. The van der Waals surface area contributed by atoms with Gasteiger partial charge in [-0.3, -0.25) is 4.79 Å². The predicted octanol–water partition coefficient (Wildman–Crippen LogP) is 1.71. The van der Waals surface area contributed by atoms with Crippen LogP contribution in [-0.4, -0.2) is 23.1 Å². The standard InChI is InChI=1S/C10H14N2O2/c1-4-7(2)10(13)8-5-6-9(14-3)12-11-8/h5-7H,4H2,1-3H3. The summed E-state index contributed by atoms with van der Waals surface area (Å²) in [5.74, 6) is 0.450. The SMILES string of the molecule is CCC(C)C(=O)c1ccc(OC)nn1. The normalized spacial score (nSPS) is 12.2. The highest BCUT2D eigenvalue weighted by molar-refractivity contribution is 5.95. The summed E-state index contributed by atoms with van der Waals surface area (Å²) in [5.41, 5.74) is 0.403. The molecule has 0 aliphatic carbocycles. The third-order valence-electron chi connectivity index (χ3n) is 2.16. The lowest BCUT2D eigenvalue weighted by atomic mass is 10.0. The zero-order chi connectivity index (χ0) is 10.6. The lowest BCUT2D eigenvalue weighted by molar-refractivity contribution is 0.0921. The average Bonchev–Trinajstić information content (AvgIpc) is 2.27. The van der Waals surface area contributed by atoms with Crippen molar-refractivity contribution in [3.63, 3.8) is 0 Å². The van der Waals surface area contributed by atoms with Crippen molar-refractivity contribution >= 4 is 5.78 Å². The van der Waals surface area contributed by atoms with E-state index in [1.54, 1.807) is 12.1 Å². The molecule has 1 heterocycles. The molecule has 1 aromatic rings. The first-order valence-corrected chi connectivity index (χ1v) is 4.61. The molecule has 0 aromatic carbocycles. The molecule has 76 valence electrons. The van der Waals surface area contributed by atoms with Gasteiger partial charge in [0.25, 0.3) is 0 Å². The van der Waals surface area contributed by atoms with E-state index in [9.17, 15) is 4.79 Å². The predicted molar refractivity (Wildman–Crippen MR) is 52.4 cm³/mol. The summed E-state index contributed by atoms with van der Waals surface area (Å²) in [4.78, 5) is 11.6. The minimum Gasteiger partial charge on any atom is -0.480 e. The number of ketones is 1. The van der Waals surface area contributed by atoms with Gasteiger partial charge in [-0.2, -0.15) is 0 Å². The smallest absolute Gasteiger partial charge is 0.233 e. The Balaban J connectivity index is 2.81. The molecule has 0 saturated heterocycles. The fraction of sp³-hybridized carbons (Fsp3) is 0.500. The van der Waals surface area contributed by atoms with Gasteiger partial charge in [0.15, 0.2) is 5.78 Å². The van der Waals surface area contributed by atoms with Crippen LogP contribution in [0.4, 0.5) is 0 Å². The van der Waals surface area contributed by atoms with Crippen LogP contribution >= 0.6 is 0 Å².